The number of hydrogen-bond acceptors (Lipinski definition) is 3. The van der Waals surface area contributed by atoms with Crippen LogP contribution in [-0.2, 0) is 17.8 Å². The Morgan fingerprint density at radius 3 is 2.54 bits per heavy atom. The first-order valence-electron chi connectivity index (χ1n) is 9.85. The number of hydrogen-bond donors (Lipinski definition) is 0. The maximum atomic E-state index is 13.0. The highest BCUT2D eigenvalue weighted by Gasteiger charge is 2.27. The van der Waals surface area contributed by atoms with Crippen LogP contribution in [-0.4, -0.2) is 46.1 Å². The molecule has 6 nitrogen and oxygen atoms in total. The van der Waals surface area contributed by atoms with Crippen molar-refractivity contribution in [3.05, 3.63) is 59.8 Å². The zero-order chi connectivity index (χ0) is 19.1. The summed E-state index contributed by atoms with van der Waals surface area (Å²) in [6.45, 7) is 2.38. The van der Waals surface area contributed by atoms with Crippen molar-refractivity contribution in [1.29, 1.82) is 0 Å². The van der Waals surface area contributed by atoms with Gasteiger partial charge in [-0.3, -0.25) is 14.3 Å². The SMILES string of the molecule is O=C(c1nn(CC(=O)N2CCc3ccccc32)c2ccccc12)N1CCCC1. The van der Waals surface area contributed by atoms with Gasteiger partial charge in [-0.1, -0.05) is 36.4 Å². The maximum Gasteiger partial charge on any atom is 0.275 e. The van der Waals surface area contributed by atoms with Gasteiger partial charge in [0.1, 0.15) is 6.54 Å². The molecule has 1 aromatic heterocycles. The topological polar surface area (TPSA) is 58.4 Å². The Morgan fingerprint density at radius 2 is 1.68 bits per heavy atom. The first-order chi connectivity index (χ1) is 13.7. The Balaban J connectivity index is 1.46. The highest BCUT2D eigenvalue weighted by molar-refractivity contribution is 6.05. The van der Waals surface area contributed by atoms with Crippen LogP contribution >= 0.6 is 0 Å². The summed E-state index contributed by atoms with van der Waals surface area (Å²) < 4.78 is 1.68. The summed E-state index contributed by atoms with van der Waals surface area (Å²) >= 11 is 0. The first-order valence-corrected chi connectivity index (χ1v) is 9.85. The van der Waals surface area contributed by atoms with Gasteiger partial charge in [0.15, 0.2) is 5.69 Å². The number of para-hydroxylation sites is 2. The van der Waals surface area contributed by atoms with E-state index in [1.807, 2.05) is 52.3 Å². The van der Waals surface area contributed by atoms with Crippen LogP contribution in [0.4, 0.5) is 5.69 Å². The molecule has 2 aliphatic heterocycles. The summed E-state index contributed by atoms with van der Waals surface area (Å²) in [6.07, 6.45) is 2.95. The third-order valence-corrected chi connectivity index (χ3v) is 5.73. The number of carbonyl (C=O) groups is 2. The largest absolute Gasteiger partial charge is 0.337 e. The molecule has 0 unspecified atom stereocenters. The number of nitrogens with zero attached hydrogens (tertiary/aromatic N) is 4. The first kappa shape index (κ1) is 17.0. The lowest BCUT2D eigenvalue weighted by Gasteiger charge is -2.17. The molecular weight excluding hydrogens is 352 g/mol. The van der Waals surface area contributed by atoms with E-state index in [9.17, 15) is 9.59 Å². The Labute approximate surface area is 163 Å². The molecule has 0 atom stereocenters. The van der Waals surface area contributed by atoms with Gasteiger partial charge in [0.25, 0.3) is 5.91 Å². The molecule has 1 saturated heterocycles. The number of amides is 2. The normalized spacial score (nSPS) is 16.0. The van der Waals surface area contributed by atoms with Gasteiger partial charge in [-0.05, 0) is 37.0 Å². The van der Waals surface area contributed by atoms with Crippen LogP contribution in [0.1, 0.15) is 28.9 Å². The number of likely N-dealkylation sites (tertiary alicyclic amines) is 1. The standard InChI is InChI=1S/C22H22N4O2/c27-20(25-14-11-16-7-1-3-9-18(16)25)15-26-19-10-4-2-8-17(19)21(23-26)22(28)24-12-5-6-13-24/h1-4,7-10H,5-6,11-15H2. The molecule has 2 aromatic carbocycles. The molecule has 6 heteroatoms. The van der Waals surface area contributed by atoms with Crippen molar-refractivity contribution in [2.75, 3.05) is 24.5 Å². The molecule has 0 aliphatic carbocycles. The van der Waals surface area contributed by atoms with Crippen LogP contribution in [0, 0.1) is 0 Å². The molecule has 28 heavy (non-hydrogen) atoms. The van der Waals surface area contributed by atoms with Crippen LogP contribution in [0.5, 0.6) is 0 Å². The van der Waals surface area contributed by atoms with Crippen LogP contribution < -0.4 is 4.90 Å². The summed E-state index contributed by atoms with van der Waals surface area (Å²) in [6, 6.07) is 15.7. The van der Waals surface area contributed by atoms with Gasteiger partial charge in [-0.25, -0.2) is 0 Å². The van der Waals surface area contributed by atoms with Crippen molar-refractivity contribution in [3.63, 3.8) is 0 Å². The van der Waals surface area contributed by atoms with Crippen LogP contribution in [0.2, 0.25) is 0 Å². The molecule has 0 radical (unpaired) electrons. The minimum atomic E-state index is -0.0357. The predicted octanol–water partition coefficient (Wildman–Crippen LogP) is 2.86. The third-order valence-electron chi connectivity index (χ3n) is 5.73. The van der Waals surface area contributed by atoms with E-state index in [1.54, 1.807) is 4.68 Å². The zero-order valence-electron chi connectivity index (χ0n) is 15.7. The molecule has 0 N–H and O–H groups in total. The van der Waals surface area contributed by atoms with Crippen molar-refractivity contribution >= 4 is 28.4 Å². The molecule has 0 spiro atoms. The Hall–Kier alpha value is -3.15. The van der Waals surface area contributed by atoms with E-state index in [-0.39, 0.29) is 18.4 Å². The van der Waals surface area contributed by atoms with Crippen molar-refractivity contribution in [1.82, 2.24) is 14.7 Å². The van der Waals surface area contributed by atoms with Gasteiger partial charge in [0.05, 0.1) is 5.52 Å². The van der Waals surface area contributed by atoms with Gasteiger partial charge in [-0.2, -0.15) is 5.10 Å². The molecule has 0 saturated carbocycles. The van der Waals surface area contributed by atoms with E-state index >= 15 is 0 Å². The fraction of sp³-hybridized carbons (Fsp3) is 0.318. The number of benzene rings is 2. The maximum absolute atomic E-state index is 13.0. The summed E-state index contributed by atoms with van der Waals surface area (Å²) in [7, 11) is 0. The van der Waals surface area contributed by atoms with Gasteiger partial charge < -0.3 is 9.80 Å². The summed E-state index contributed by atoms with van der Waals surface area (Å²) in [5, 5.41) is 5.39. The summed E-state index contributed by atoms with van der Waals surface area (Å²) in [4.78, 5) is 29.6. The lowest BCUT2D eigenvalue weighted by molar-refractivity contribution is -0.119. The zero-order valence-corrected chi connectivity index (χ0v) is 15.7. The molecule has 0 bridgehead atoms. The average Bonchev–Trinajstić information content (AvgIpc) is 3.46. The highest BCUT2D eigenvalue weighted by atomic mass is 16.2. The molecular formula is C22H22N4O2. The van der Waals surface area contributed by atoms with Gasteiger partial charge in [-0.15, -0.1) is 0 Å². The highest BCUT2D eigenvalue weighted by Crippen LogP contribution is 2.28. The van der Waals surface area contributed by atoms with Crippen LogP contribution in [0.15, 0.2) is 48.5 Å². The fourth-order valence-corrected chi connectivity index (χ4v) is 4.29. The molecule has 2 amide bonds. The van der Waals surface area contributed by atoms with Gasteiger partial charge in [0, 0.05) is 30.7 Å². The van der Waals surface area contributed by atoms with Crippen molar-refractivity contribution in [3.8, 4) is 0 Å². The molecule has 3 aromatic rings. The van der Waals surface area contributed by atoms with E-state index in [1.165, 1.54) is 5.56 Å². The van der Waals surface area contributed by atoms with E-state index in [0.717, 1.165) is 48.9 Å². The van der Waals surface area contributed by atoms with E-state index in [2.05, 4.69) is 11.2 Å². The number of rotatable bonds is 3. The summed E-state index contributed by atoms with van der Waals surface area (Å²) in [5.74, 6) is -0.0372. The number of carbonyl (C=O) groups excluding carboxylic acids is 2. The van der Waals surface area contributed by atoms with Crippen molar-refractivity contribution < 1.29 is 9.59 Å². The second-order valence-electron chi connectivity index (χ2n) is 7.45. The second kappa shape index (κ2) is 6.78. The summed E-state index contributed by atoms with van der Waals surface area (Å²) in [5.41, 5.74) is 3.46. The Kier molecular flexibility index (Phi) is 4.11. The van der Waals surface area contributed by atoms with E-state index in [4.69, 9.17) is 0 Å². The number of aromatic nitrogens is 2. The second-order valence-corrected chi connectivity index (χ2v) is 7.45. The van der Waals surface area contributed by atoms with Gasteiger partial charge >= 0.3 is 0 Å². The fourth-order valence-electron chi connectivity index (χ4n) is 4.29. The van der Waals surface area contributed by atoms with E-state index in [0.29, 0.717) is 12.2 Å². The van der Waals surface area contributed by atoms with Crippen LogP contribution in [0.25, 0.3) is 10.9 Å². The number of fused-ring (bicyclic) bond motifs is 2. The predicted molar refractivity (Wildman–Crippen MR) is 107 cm³/mol. The molecule has 3 heterocycles. The third kappa shape index (κ3) is 2.76. The smallest absolute Gasteiger partial charge is 0.275 e. The van der Waals surface area contributed by atoms with Crippen molar-refractivity contribution in [2.45, 2.75) is 25.8 Å². The average molecular weight is 374 g/mol. The number of anilines is 1. The lowest BCUT2D eigenvalue weighted by atomic mass is 10.2. The van der Waals surface area contributed by atoms with E-state index < -0.39 is 0 Å². The lowest BCUT2D eigenvalue weighted by Crippen LogP contribution is -2.33. The van der Waals surface area contributed by atoms with Gasteiger partial charge in [0.2, 0.25) is 5.91 Å². The molecule has 142 valence electrons. The monoisotopic (exact) mass is 374 g/mol. The van der Waals surface area contributed by atoms with Crippen LogP contribution in [0.3, 0.4) is 0 Å². The van der Waals surface area contributed by atoms with Crippen molar-refractivity contribution in [2.24, 2.45) is 0 Å². The minimum absolute atomic E-state index is 0.00151. The molecule has 1 fully saturated rings. The molecule has 5 rings (SSSR count). The minimum Gasteiger partial charge on any atom is -0.337 e. The quantitative estimate of drug-likeness (QED) is 0.708. The Morgan fingerprint density at radius 1 is 0.929 bits per heavy atom. The molecule has 2 aliphatic rings. The Bertz CT molecular complexity index is 1070.